The number of anilines is 2. The SMILES string of the molecule is COc1ccc(NC(=O)CN2c3ccccc3CCC2C)cc1S(=O)(=O)N1CCCCC1. The molecule has 2 aromatic carbocycles. The Bertz CT molecular complexity index is 1080. The second kappa shape index (κ2) is 9.50. The van der Waals surface area contributed by atoms with E-state index in [-0.39, 0.29) is 29.1 Å². The minimum absolute atomic E-state index is 0.0939. The van der Waals surface area contributed by atoms with Gasteiger partial charge < -0.3 is 15.0 Å². The molecule has 0 bridgehead atoms. The van der Waals surface area contributed by atoms with E-state index in [0.29, 0.717) is 18.8 Å². The van der Waals surface area contributed by atoms with Gasteiger partial charge in [0.2, 0.25) is 15.9 Å². The van der Waals surface area contributed by atoms with Gasteiger partial charge in [0.1, 0.15) is 10.6 Å². The maximum Gasteiger partial charge on any atom is 0.246 e. The Balaban J connectivity index is 1.54. The molecule has 2 heterocycles. The molecule has 0 radical (unpaired) electrons. The van der Waals surface area contributed by atoms with Crippen LogP contribution in [-0.2, 0) is 21.2 Å². The topological polar surface area (TPSA) is 79.0 Å². The standard InChI is InChI=1S/C24H31N3O4S/c1-18-10-11-19-8-4-5-9-21(19)27(18)17-24(28)25-20-12-13-22(31-2)23(16-20)32(29,30)26-14-6-3-7-15-26/h4-5,8-9,12-13,16,18H,3,6-7,10-11,14-15,17H2,1-2H3,(H,25,28). The highest BCUT2D eigenvalue weighted by atomic mass is 32.2. The summed E-state index contributed by atoms with van der Waals surface area (Å²) in [6, 6.07) is 13.2. The van der Waals surface area contributed by atoms with E-state index in [4.69, 9.17) is 4.74 Å². The molecule has 1 unspecified atom stereocenters. The Hall–Kier alpha value is -2.58. The lowest BCUT2D eigenvalue weighted by atomic mass is 9.96. The number of piperidine rings is 1. The molecule has 0 spiro atoms. The first-order valence-corrected chi connectivity index (χ1v) is 12.7. The molecule has 2 aromatic rings. The van der Waals surface area contributed by atoms with E-state index < -0.39 is 10.0 Å². The van der Waals surface area contributed by atoms with Crippen molar-refractivity contribution in [2.75, 3.05) is 37.0 Å². The number of sulfonamides is 1. The summed E-state index contributed by atoms with van der Waals surface area (Å²) < 4.78 is 33.3. The lowest BCUT2D eigenvalue weighted by Gasteiger charge is -2.36. The number of fused-ring (bicyclic) bond motifs is 1. The number of carbonyl (C=O) groups is 1. The number of ether oxygens (including phenoxy) is 1. The van der Waals surface area contributed by atoms with Gasteiger partial charge in [0.05, 0.1) is 13.7 Å². The van der Waals surface area contributed by atoms with Gasteiger partial charge in [0.15, 0.2) is 0 Å². The minimum atomic E-state index is -3.69. The van der Waals surface area contributed by atoms with Gasteiger partial charge in [-0.25, -0.2) is 8.42 Å². The Labute approximate surface area is 190 Å². The zero-order valence-electron chi connectivity index (χ0n) is 18.7. The number of nitrogens with one attached hydrogen (secondary N) is 1. The van der Waals surface area contributed by atoms with Crippen molar-refractivity contribution in [3.8, 4) is 5.75 Å². The molecule has 0 saturated carbocycles. The van der Waals surface area contributed by atoms with Crippen LogP contribution in [0.1, 0.15) is 38.2 Å². The molecule has 1 saturated heterocycles. The van der Waals surface area contributed by atoms with Crippen molar-refractivity contribution < 1.29 is 17.9 Å². The number of methoxy groups -OCH3 is 1. The maximum absolute atomic E-state index is 13.2. The average Bonchev–Trinajstić information content (AvgIpc) is 2.81. The summed E-state index contributed by atoms with van der Waals surface area (Å²) in [6.45, 7) is 3.35. The summed E-state index contributed by atoms with van der Waals surface area (Å²) in [4.78, 5) is 15.1. The van der Waals surface area contributed by atoms with Crippen molar-refractivity contribution in [1.82, 2.24) is 4.31 Å². The van der Waals surface area contributed by atoms with Gasteiger partial charge in [0, 0.05) is 30.5 Å². The van der Waals surface area contributed by atoms with Gasteiger partial charge >= 0.3 is 0 Å². The second-order valence-corrected chi connectivity index (χ2v) is 10.4. The summed E-state index contributed by atoms with van der Waals surface area (Å²) in [6.07, 6.45) is 4.74. The molecular weight excluding hydrogens is 426 g/mol. The number of nitrogens with zero attached hydrogens (tertiary/aromatic N) is 2. The quantitative estimate of drug-likeness (QED) is 0.716. The lowest BCUT2D eigenvalue weighted by molar-refractivity contribution is -0.115. The third-order valence-corrected chi connectivity index (χ3v) is 8.28. The predicted molar refractivity (Wildman–Crippen MR) is 126 cm³/mol. The highest BCUT2D eigenvalue weighted by Gasteiger charge is 2.30. The lowest BCUT2D eigenvalue weighted by Crippen LogP contribution is -2.42. The van der Waals surface area contributed by atoms with Crippen LogP contribution < -0.4 is 15.0 Å². The zero-order chi connectivity index (χ0) is 22.7. The first kappa shape index (κ1) is 22.6. The highest BCUT2D eigenvalue weighted by molar-refractivity contribution is 7.89. The largest absolute Gasteiger partial charge is 0.495 e. The molecule has 1 amide bonds. The van der Waals surface area contributed by atoms with Crippen LogP contribution in [0.15, 0.2) is 47.4 Å². The molecule has 1 atom stereocenters. The van der Waals surface area contributed by atoms with Crippen molar-refractivity contribution in [3.63, 3.8) is 0 Å². The van der Waals surface area contributed by atoms with Gasteiger partial charge in [0.25, 0.3) is 0 Å². The number of amides is 1. The smallest absolute Gasteiger partial charge is 0.246 e. The van der Waals surface area contributed by atoms with Crippen molar-refractivity contribution >= 4 is 27.3 Å². The Morgan fingerprint density at radius 1 is 1.12 bits per heavy atom. The van der Waals surface area contributed by atoms with E-state index in [1.807, 2.05) is 12.1 Å². The van der Waals surface area contributed by atoms with Gasteiger partial charge in [-0.3, -0.25) is 4.79 Å². The van der Waals surface area contributed by atoms with Crippen LogP contribution in [0.2, 0.25) is 0 Å². The van der Waals surface area contributed by atoms with E-state index in [0.717, 1.165) is 37.8 Å². The van der Waals surface area contributed by atoms with Crippen LogP contribution in [0, 0.1) is 0 Å². The van der Waals surface area contributed by atoms with Crippen molar-refractivity contribution in [2.24, 2.45) is 0 Å². The third-order valence-electron chi connectivity index (χ3n) is 6.36. The molecule has 8 heteroatoms. The van der Waals surface area contributed by atoms with Crippen LogP contribution in [0.3, 0.4) is 0 Å². The number of aryl methyl sites for hydroxylation is 1. The summed E-state index contributed by atoms with van der Waals surface area (Å²) >= 11 is 0. The van der Waals surface area contributed by atoms with E-state index in [2.05, 4.69) is 29.3 Å². The Kier molecular flexibility index (Phi) is 6.71. The van der Waals surface area contributed by atoms with Crippen LogP contribution >= 0.6 is 0 Å². The Morgan fingerprint density at radius 3 is 2.62 bits per heavy atom. The minimum Gasteiger partial charge on any atom is -0.495 e. The number of hydrogen-bond donors (Lipinski definition) is 1. The van der Waals surface area contributed by atoms with Crippen LogP contribution in [0.25, 0.3) is 0 Å². The molecular formula is C24H31N3O4S. The van der Waals surface area contributed by atoms with E-state index in [1.54, 1.807) is 12.1 Å². The number of rotatable bonds is 6. The molecule has 2 aliphatic heterocycles. The van der Waals surface area contributed by atoms with Gasteiger partial charge in [-0.1, -0.05) is 24.6 Å². The van der Waals surface area contributed by atoms with E-state index in [1.165, 1.54) is 23.0 Å². The van der Waals surface area contributed by atoms with Crippen molar-refractivity contribution in [2.45, 2.75) is 50.0 Å². The summed E-state index contributed by atoms with van der Waals surface area (Å²) in [5.41, 5.74) is 2.78. The zero-order valence-corrected chi connectivity index (χ0v) is 19.5. The van der Waals surface area contributed by atoms with Crippen molar-refractivity contribution in [3.05, 3.63) is 48.0 Å². The third kappa shape index (κ3) is 4.61. The van der Waals surface area contributed by atoms with Crippen molar-refractivity contribution in [1.29, 1.82) is 0 Å². The van der Waals surface area contributed by atoms with Crippen LogP contribution in [0.4, 0.5) is 11.4 Å². The number of para-hydroxylation sites is 1. The van der Waals surface area contributed by atoms with E-state index in [9.17, 15) is 13.2 Å². The normalized spacial score (nSPS) is 19.3. The monoisotopic (exact) mass is 457 g/mol. The molecule has 172 valence electrons. The maximum atomic E-state index is 13.2. The van der Waals surface area contributed by atoms with E-state index >= 15 is 0 Å². The molecule has 1 fully saturated rings. The number of benzene rings is 2. The van der Waals surface area contributed by atoms with Crippen LogP contribution in [0.5, 0.6) is 5.75 Å². The summed E-state index contributed by atoms with van der Waals surface area (Å²) in [5.74, 6) is 0.104. The Morgan fingerprint density at radius 2 is 1.88 bits per heavy atom. The first-order chi connectivity index (χ1) is 15.4. The fourth-order valence-electron chi connectivity index (χ4n) is 4.56. The second-order valence-electron chi connectivity index (χ2n) is 8.52. The number of hydrogen-bond acceptors (Lipinski definition) is 5. The molecule has 2 aliphatic rings. The number of carbonyl (C=O) groups excluding carboxylic acids is 1. The molecule has 7 nitrogen and oxygen atoms in total. The molecule has 4 rings (SSSR count). The molecule has 0 aliphatic carbocycles. The fourth-order valence-corrected chi connectivity index (χ4v) is 6.26. The van der Waals surface area contributed by atoms with Gasteiger partial charge in [-0.2, -0.15) is 4.31 Å². The average molecular weight is 458 g/mol. The van der Waals surface area contributed by atoms with Gasteiger partial charge in [-0.15, -0.1) is 0 Å². The molecule has 0 aromatic heterocycles. The predicted octanol–water partition coefficient (Wildman–Crippen LogP) is 3.65. The molecule has 1 N–H and O–H groups in total. The first-order valence-electron chi connectivity index (χ1n) is 11.2. The fraction of sp³-hybridized carbons (Fsp3) is 0.458. The highest BCUT2D eigenvalue weighted by Crippen LogP contribution is 2.32. The van der Waals surface area contributed by atoms with Crippen LogP contribution in [-0.4, -0.2) is 51.4 Å². The van der Waals surface area contributed by atoms with Gasteiger partial charge in [-0.05, 0) is 62.4 Å². The summed E-state index contributed by atoms with van der Waals surface area (Å²) in [7, 11) is -2.24. The summed E-state index contributed by atoms with van der Waals surface area (Å²) in [5, 5.41) is 2.89. The molecule has 32 heavy (non-hydrogen) atoms.